The number of fused-ring (bicyclic) bond motifs is 1. The third-order valence-corrected chi connectivity index (χ3v) is 11.1. The molecule has 0 saturated carbocycles. The summed E-state index contributed by atoms with van der Waals surface area (Å²) in [4.78, 5) is 2.35. The van der Waals surface area contributed by atoms with Gasteiger partial charge in [0.05, 0.1) is 11.2 Å². The van der Waals surface area contributed by atoms with Gasteiger partial charge in [-0.15, -0.1) is 0 Å². The first-order chi connectivity index (χ1) is 28.8. The van der Waals surface area contributed by atoms with E-state index >= 15 is 0 Å². The molecule has 0 saturated heterocycles. The van der Waals surface area contributed by atoms with E-state index in [4.69, 9.17) is 0 Å². The van der Waals surface area contributed by atoms with Crippen molar-refractivity contribution < 1.29 is 0 Å². The lowest BCUT2D eigenvalue weighted by atomic mass is 9.92. The summed E-state index contributed by atoms with van der Waals surface area (Å²) in [6, 6.07) is 85.0. The number of anilines is 3. The fourth-order valence-corrected chi connectivity index (χ4v) is 8.21. The van der Waals surface area contributed by atoms with Crippen molar-refractivity contribution in [1.29, 1.82) is 0 Å². The Morgan fingerprint density at radius 3 is 0.983 bits per heavy atom. The van der Waals surface area contributed by atoms with Gasteiger partial charge in [0.1, 0.15) is 0 Å². The molecule has 0 N–H and O–H groups in total. The minimum absolute atomic E-state index is 1.08. The molecule has 0 spiro atoms. The smallest absolute Gasteiger partial charge is 0.0613 e. The second-order valence-corrected chi connectivity index (χ2v) is 14.6. The van der Waals surface area contributed by atoms with Crippen molar-refractivity contribution in [2.24, 2.45) is 0 Å². The van der Waals surface area contributed by atoms with Crippen LogP contribution in [-0.2, 0) is 0 Å². The van der Waals surface area contributed by atoms with Crippen molar-refractivity contribution in [2.75, 3.05) is 4.90 Å². The Kier molecular flexibility index (Phi) is 9.27. The maximum atomic E-state index is 2.36. The van der Waals surface area contributed by atoms with Crippen molar-refractivity contribution in [3.63, 3.8) is 0 Å². The third kappa shape index (κ3) is 6.67. The fraction of sp³-hybridized carbons (Fsp3) is 0. The van der Waals surface area contributed by atoms with Gasteiger partial charge in [-0.05, 0) is 98.6 Å². The molecule has 0 fully saturated rings. The second kappa shape index (κ2) is 15.5. The van der Waals surface area contributed by atoms with Crippen LogP contribution in [0.2, 0.25) is 0 Å². The molecular weight excluding hydrogens is 701 g/mol. The molecule has 8 aromatic carbocycles. The molecule has 0 aliphatic heterocycles. The first kappa shape index (κ1) is 34.8. The van der Waals surface area contributed by atoms with Gasteiger partial charge in [0, 0.05) is 34.4 Å². The van der Waals surface area contributed by atoms with Crippen LogP contribution in [-0.4, -0.2) is 4.40 Å². The molecule has 0 bridgehead atoms. The molecule has 0 aliphatic rings. The summed E-state index contributed by atoms with van der Waals surface area (Å²) in [5.41, 5.74) is 18.8. The number of rotatable bonds is 9. The van der Waals surface area contributed by atoms with Crippen LogP contribution in [0.25, 0.3) is 72.4 Å². The SMILES string of the molecule is c1ccc(-c2ccc(-c3c(-c4ccccc4)c4ccccn4c3-c3ccc(N(c4ccc(-c5ccccc5)cc4)c4ccc(-c5ccccc5)cc4)cc3)cc2)cc1. The average molecular weight is 741 g/mol. The average Bonchev–Trinajstić information content (AvgIpc) is 3.66. The van der Waals surface area contributed by atoms with E-state index in [2.05, 4.69) is 252 Å². The molecule has 0 atom stereocenters. The monoisotopic (exact) mass is 740 g/mol. The summed E-state index contributed by atoms with van der Waals surface area (Å²) in [6.45, 7) is 0. The van der Waals surface area contributed by atoms with Crippen LogP contribution in [0.1, 0.15) is 0 Å². The van der Waals surface area contributed by atoms with Gasteiger partial charge in [-0.3, -0.25) is 0 Å². The fourth-order valence-electron chi connectivity index (χ4n) is 8.21. The maximum Gasteiger partial charge on any atom is 0.0613 e. The zero-order valence-electron chi connectivity index (χ0n) is 32.0. The van der Waals surface area contributed by atoms with Crippen LogP contribution < -0.4 is 4.90 Å². The molecule has 10 aromatic rings. The number of nitrogens with zero attached hydrogens (tertiary/aromatic N) is 2. The normalized spacial score (nSPS) is 11.1. The van der Waals surface area contributed by atoms with E-state index in [1.54, 1.807) is 0 Å². The van der Waals surface area contributed by atoms with Gasteiger partial charge in [0.25, 0.3) is 0 Å². The number of hydrogen-bond donors (Lipinski definition) is 0. The number of aromatic nitrogens is 1. The highest BCUT2D eigenvalue weighted by molar-refractivity contribution is 6.03. The first-order valence-corrected chi connectivity index (χ1v) is 19.8. The highest BCUT2D eigenvalue weighted by atomic mass is 15.1. The van der Waals surface area contributed by atoms with Gasteiger partial charge in [0.2, 0.25) is 0 Å². The zero-order valence-corrected chi connectivity index (χ0v) is 32.0. The maximum absolute atomic E-state index is 2.36. The summed E-state index contributed by atoms with van der Waals surface area (Å²) < 4.78 is 2.36. The Morgan fingerprint density at radius 2 is 0.552 bits per heavy atom. The van der Waals surface area contributed by atoms with Crippen molar-refractivity contribution in [3.05, 3.63) is 243 Å². The molecule has 0 radical (unpaired) electrons. The van der Waals surface area contributed by atoms with E-state index in [1.807, 2.05) is 0 Å². The van der Waals surface area contributed by atoms with Gasteiger partial charge < -0.3 is 9.30 Å². The standard InChI is InChI=1S/C56H40N2/c1-5-15-41(16-6-1)44-24-26-48(27-25-44)55-54(47-21-11-4-12-22-47)53-23-13-14-40-57(53)56(55)49-32-38-52(39-33-49)58(50-34-28-45(29-35-50)42-17-7-2-8-18-42)51-36-30-46(31-37-51)43-19-9-3-10-20-43/h1-40H. The summed E-state index contributed by atoms with van der Waals surface area (Å²) in [5, 5.41) is 0. The second-order valence-electron chi connectivity index (χ2n) is 14.6. The molecule has 2 heteroatoms. The summed E-state index contributed by atoms with van der Waals surface area (Å²) in [6.07, 6.45) is 2.20. The Hall–Kier alpha value is -7.68. The van der Waals surface area contributed by atoms with Crippen LogP contribution in [0.5, 0.6) is 0 Å². The number of benzene rings is 8. The Balaban J connectivity index is 1.10. The van der Waals surface area contributed by atoms with Crippen molar-refractivity contribution >= 4 is 22.6 Å². The van der Waals surface area contributed by atoms with E-state index in [9.17, 15) is 0 Å². The summed E-state index contributed by atoms with van der Waals surface area (Å²) >= 11 is 0. The minimum Gasteiger partial charge on any atom is -0.315 e. The first-order valence-electron chi connectivity index (χ1n) is 19.8. The van der Waals surface area contributed by atoms with Crippen LogP contribution in [0, 0.1) is 0 Å². The minimum atomic E-state index is 1.08. The molecule has 10 rings (SSSR count). The largest absolute Gasteiger partial charge is 0.315 e. The zero-order chi connectivity index (χ0) is 38.7. The van der Waals surface area contributed by atoms with E-state index in [-0.39, 0.29) is 0 Å². The molecule has 0 aliphatic carbocycles. The Bertz CT molecular complexity index is 2830. The lowest BCUT2D eigenvalue weighted by Crippen LogP contribution is -2.09. The van der Waals surface area contributed by atoms with Gasteiger partial charge in [-0.1, -0.05) is 188 Å². The highest BCUT2D eigenvalue weighted by Crippen LogP contribution is 2.46. The van der Waals surface area contributed by atoms with Gasteiger partial charge in [-0.25, -0.2) is 0 Å². The molecule has 2 heterocycles. The third-order valence-electron chi connectivity index (χ3n) is 11.1. The van der Waals surface area contributed by atoms with E-state index in [0.29, 0.717) is 0 Å². The van der Waals surface area contributed by atoms with Gasteiger partial charge in [-0.2, -0.15) is 0 Å². The van der Waals surface area contributed by atoms with E-state index in [0.717, 1.165) is 22.6 Å². The summed E-state index contributed by atoms with van der Waals surface area (Å²) in [5.74, 6) is 0. The highest BCUT2D eigenvalue weighted by Gasteiger charge is 2.23. The Morgan fingerprint density at radius 1 is 0.241 bits per heavy atom. The molecule has 0 unspecified atom stereocenters. The summed E-state index contributed by atoms with van der Waals surface area (Å²) in [7, 11) is 0. The van der Waals surface area contributed by atoms with Crippen molar-refractivity contribution in [2.45, 2.75) is 0 Å². The molecule has 2 aromatic heterocycles. The van der Waals surface area contributed by atoms with Gasteiger partial charge in [0.15, 0.2) is 0 Å². The van der Waals surface area contributed by atoms with Crippen LogP contribution in [0.4, 0.5) is 17.1 Å². The topological polar surface area (TPSA) is 7.65 Å². The Labute approximate surface area is 340 Å². The molecule has 0 amide bonds. The molecule has 2 nitrogen and oxygen atoms in total. The molecular formula is C56H40N2. The lowest BCUT2D eigenvalue weighted by molar-refractivity contribution is 1.20. The van der Waals surface area contributed by atoms with E-state index in [1.165, 1.54) is 66.8 Å². The van der Waals surface area contributed by atoms with Gasteiger partial charge >= 0.3 is 0 Å². The van der Waals surface area contributed by atoms with Crippen LogP contribution in [0.15, 0.2) is 243 Å². The predicted molar refractivity (Wildman–Crippen MR) is 245 cm³/mol. The van der Waals surface area contributed by atoms with Crippen molar-refractivity contribution in [3.8, 4) is 66.9 Å². The predicted octanol–water partition coefficient (Wildman–Crippen LogP) is 15.4. The lowest BCUT2D eigenvalue weighted by Gasteiger charge is -2.26. The van der Waals surface area contributed by atoms with Crippen LogP contribution >= 0.6 is 0 Å². The molecule has 58 heavy (non-hydrogen) atoms. The van der Waals surface area contributed by atoms with E-state index < -0.39 is 0 Å². The van der Waals surface area contributed by atoms with Crippen LogP contribution in [0.3, 0.4) is 0 Å². The quantitative estimate of drug-likeness (QED) is 0.143. The van der Waals surface area contributed by atoms with Crippen molar-refractivity contribution in [1.82, 2.24) is 4.40 Å². The number of pyridine rings is 1. The number of hydrogen-bond acceptors (Lipinski definition) is 1. The molecule has 274 valence electrons.